The van der Waals surface area contributed by atoms with Gasteiger partial charge in [-0.2, -0.15) is 0 Å². The van der Waals surface area contributed by atoms with Gasteiger partial charge in [-0.3, -0.25) is 0 Å². The summed E-state index contributed by atoms with van der Waals surface area (Å²) in [5.41, 5.74) is 9.95. The third kappa shape index (κ3) is 2.86. The Morgan fingerprint density at radius 2 is 1.40 bits per heavy atom. The van der Waals surface area contributed by atoms with Crippen molar-refractivity contribution in [1.29, 1.82) is 0 Å². The monoisotopic (exact) mass is 315 g/mol. The zero-order chi connectivity index (χ0) is 10.7. The number of rotatable bonds is 0. The number of fused-ring (bicyclic) bond motifs is 1. The Balaban J connectivity index is 2.29. The Hall–Kier alpha value is -0.250. The molecule has 0 spiro atoms. The number of halogens is 1. The van der Waals surface area contributed by atoms with Crippen LogP contribution >= 0.6 is 22.6 Å². The van der Waals surface area contributed by atoms with Gasteiger partial charge in [-0.15, -0.1) is 0 Å². The second-order valence-corrected chi connectivity index (χ2v) is 5.57. The Kier molecular flexibility index (Phi) is 3.89. The molecule has 1 aliphatic rings. The van der Waals surface area contributed by atoms with Gasteiger partial charge in [0.05, 0.1) is 0 Å². The van der Waals surface area contributed by atoms with Gasteiger partial charge in [-0.25, -0.2) is 0 Å². The van der Waals surface area contributed by atoms with Gasteiger partial charge in [-0.1, -0.05) is 19.3 Å². The first-order chi connectivity index (χ1) is 7.27. The Morgan fingerprint density at radius 3 is 2.07 bits per heavy atom. The highest BCUT2D eigenvalue weighted by Gasteiger charge is 2.08. The number of nitrogen functional groups attached to an aromatic ring is 1. The number of hydrogen-bond donors (Lipinski definition) is 1. The summed E-state index contributed by atoms with van der Waals surface area (Å²) in [5.74, 6) is 0. The predicted octanol–water partition coefficient (Wildman–Crippen LogP) is 3.92. The molecule has 0 atom stereocenters. The zero-order valence-electron chi connectivity index (χ0n) is 9.06. The van der Waals surface area contributed by atoms with Crippen molar-refractivity contribution in [3.8, 4) is 0 Å². The second-order valence-electron chi connectivity index (χ2n) is 4.41. The van der Waals surface area contributed by atoms with Gasteiger partial charge in [-0.05, 0) is 71.5 Å². The second kappa shape index (κ2) is 5.19. The van der Waals surface area contributed by atoms with E-state index in [1.807, 2.05) is 0 Å². The lowest BCUT2D eigenvalue weighted by atomic mass is 9.99. The van der Waals surface area contributed by atoms with Crippen LogP contribution in [0.15, 0.2) is 12.1 Å². The van der Waals surface area contributed by atoms with Crippen LogP contribution in [0.3, 0.4) is 0 Å². The average Bonchev–Trinajstić information content (AvgIpc) is 2.31. The number of aryl methyl sites for hydroxylation is 2. The van der Waals surface area contributed by atoms with Crippen LogP contribution in [-0.2, 0) is 12.8 Å². The highest BCUT2D eigenvalue weighted by molar-refractivity contribution is 14.1. The van der Waals surface area contributed by atoms with Gasteiger partial charge in [0.15, 0.2) is 0 Å². The van der Waals surface area contributed by atoms with Gasteiger partial charge >= 0.3 is 0 Å². The maximum atomic E-state index is 5.97. The summed E-state index contributed by atoms with van der Waals surface area (Å²) in [5, 5.41) is 0. The van der Waals surface area contributed by atoms with Crippen LogP contribution in [0.5, 0.6) is 0 Å². The van der Waals surface area contributed by atoms with Gasteiger partial charge < -0.3 is 5.73 Å². The van der Waals surface area contributed by atoms with Gasteiger partial charge in [0.1, 0.15) is 0 Å². The summed E-state index contributed by atoms with van der Waals surface area (Å²) in [6, 6.07) is 4.49. The van der Waals surface area contributed by atoms with E-state index < -0.39 is 0 Å². The summed E-state index contributed by atoms with van der Waals surface area (Å²) in [6.07, 6.45) is 9.30. The summed E-state index contributed by atoms with van der Waals surface area (Å²) in [4.78, 5) is 0. The van der Waals surface area contributed by atoms with Gasteiger partial charge in [0, 0.05) is 9.26 Å². The van der Waals surface area contributed by atoms with Gasteiger partial charge in [0.2, 0.25) is 0 Å². The number of anilines is 1. The van der Waals surface area contributed by atoms with Crippen molar-refractivity contribution in [2.75, 3.05) is 5.73 Å². The minimum atomic E-state index is 0.952. The molecule has 0 radical (unpaired) electrons. The lowest BCUT2D eigenvalue weighted by molar-refractivity contribution is 0.629. The molecule has 2 rings (SSSR count). The molecule has 2 N–H and O–H groups in total. The normalized spacial score (nSPS) is 17.4. The molecule has 0 fully saturated rings. The average molecular weight is 315 g/mol. The fourth-order valence-electron chi connectivity index (χ4n) is 2.31. The Morgan fingerprint density at radius 1 is 0.867 bits per heavy atom. The summed E-state index contributed by atoms with van der Waals surface area (Å²) < 4.78 is 1.21. The standard InChI is InChI=1S/C13H18IN/c14-12-8-10-6-4-2-1-3-5-7-11(10)9-13(12)15/h8-9H,1-7,15H2. The number of hydrogen-bond acceptors (Lipinski definition) is 1. The fraction of sp³-hybridized carbons (Fsp3) is 0.538. The molecule has 1 aromatic rings. The van der Waals surface area contributed by atoms with Crippen molar-refractivity contribution in [2.24, 2.45) is 0 Å². The lowest BCUT2D eigenvalue weighted by Crippen LogP contribution is -1.99. The summed E-state index contributed by atoms with van der Waals surface area (Å²) in [7, 11) is 0. The third-order valence-corrected chi connectivity index (χ3v) is 4.15. The minimum absolute atomic E-state index is 0.952. The van der Waals surface area contributed by atoms with Crippen LogP contribution in [0.25, 0.3) is 0 Å². The molecule has 0 bridgehead atoms. The first kappa shape index (κ1) is 11.2. The predicted molar refractivity (Wildman–Crippen MR) is 74.1 cm³/mol. The smallest absolute Gasteiger partial charge is 0.0452 e. The number of nitrogens with two attached hydrogens (primary N) is 1. The van der Waals surface area contributed by atoms with Crippen LogP contribution in [0, 0.1) is 3.57 Å². The molecule has 2 heteroatoms. The minimum Gasteiger partial charge on any atom is -0.398 e. The molecule has 0 saturated carbocycles. The molecule has 1 nitrogen and oxygen atoms in total. The third-order valence-electron chi connectivity index (χ3n) is 3.21. The molecule has 0 unspecified atom stereocenters. The largest absolute Gasteiger partial charge is 0.398 e. The van der Waals surface area contributed by atoms with Crippen molar-refractivity contribution in [1.82, 2.24) is 0 Å². The van der Waals surface area contributed by atoms with Crippen molar-refractivity contribution < 1.29 is 0 Å². The molecular weight excluding hydrogens is 297 g/mol. The highest BCUT2D eigenvalue weighted by atomic mass is 127. The Labute approximate surface area is 106 Å². The topological polar surface area (TPSA) is 26.0 Å². The maximum absolute atomic E-state index is 5.97. The van der Waals surface area contributed by atoms with E-state index >= 15 is 0 Å². The first-order valence-corrected chi connectivity index (χ1v) is 6.92. The van der Waals surface area contributed by atoms with E-state index in [4.69, 9.17) is 5.73 Å². The van der Waals surface area contributed by atoms with E-state index in [1.54, 1.807) is 0 Å². The van der Waals surface area contributed by atoms with Crippen LogP contribution in [0.1, 0.15) is 43.2 Å². The van der Waals surface area contributed by atoms with E-state index in [2.05, 4.69) is 34.7 Å². The van der Waals surface area contributed by atoms with Crippen molar-refractivity contribution >= 4 is 28.3 Å². The maximum Gasteiger partial charge on any atom is 0.0452 e. The molecule has 0 amide bonds. The molecule has 1 aromatic carbocycles. The number of benzene rings is 1. The molecular formula is C13H18IN. The van der Waals surface area contributed by atoms with E-state index in [0.717, 1.165) is 5.69 Å². The van der Waals surface area contributed by atoms with Crippen LogP contribution in [-0.4, -0.2) is 0 Å². The fourth-order valence-corrected chi connectivity index (χ4v) is 2.84. The summed E-state index contributed by atoms with van der Waals surface area (Å²) in [6.45, 7) is 0. The summed E-state index contributed by atoms with van der Waals surface area (Å²) >= 11 is 2.34. The van der Waals surface area contributed by atoms with Crippen molar-refractivity contribution in [3.05, 3.63) is 26.8 Å². The zero-order valence-corrected chi connectivity index (χ0v) is 11.2. The highest BCUT2D eigenvalue weighted by Crippen LogP contribution is 2.25. The molecule has 0 saturated heterocycles. The quantitative estimate of drug-likeness (QED) is 0.570. The van der Waals surface area contributed by atoms with E-state index in [9.17, 15) is 0 Å². The van der Waals surface area contributed by atoms with Crippen molar-refractivity contribution in [2.45, 2.75) is 44.9 Å². The molecule has 15 heavy (non-hydrogen) atoms. The van der Waals surface area contributed by atoms with E-state index in [-0.39, 0.29) is 0 Å². The van der Waals surface area contributed by atoms with Crippen LogP contribution in [0.4, 0.5) is 5.69 Å². The molecule has 0 aromatic heterocycles. The molecule has 1 aliphatic carbocycles. The first-order valence-electron chi connectivity index (χ1n) is 5.84. The molecule has 0 aliphatic heterocycles. The van der Waals surface area contributed by atoms with Crippen molar-refractivity contribution in [3.63, 3.8) is 0 Å². The van der Waals surface area contributed by atoms with Crippen LogP contribution < -0.4 is 5.73 Å². The SMILES string of the molecule is Nc1cc2c(cc1I)CCCCCCC2. The molecule has 82 valence electrons. The van der Waals surface area contributed by atoms with E-state index in [1.165, 1.54) is 59.6 Å². The lowest BCUT2D eigenvalue weighted by Gasteiger charge is -2.10. The van der Waals surface area contributed by atoms with Gasteiger partial charge in [0.25, 0.3) is 0 Å². The Bertz CT molecular complexity index is 314. The van der Waals surface area contributed by atoms with Crippen LogP contribution in [0.2, 0.25) is 0 Å². The van der Waals surface area contributed by atoms with E-state index in [0.29, 0.717) is 0 Å². The molecule has 0 heterocycles.